The third-order valence-corrected chi connectivity index (χ3v) is 3.00. The molecule has 5 nitrogen and oxygen atoms in total. The largest absolute Gasteiger partial charge is 0.507 e. The minimum Gasteiger partial charge on any atom is -0.507 e. The lowest BCUT2D eigenvalue weighted by molar-refractivity contribution is -0.143. The van der Waals surface area contributed by atoms with Gasteiger partial charge >= 0.3 is 5.97 Å². The zero-order valence-corrected chi connectivity index (χ0v) is 12.3. The lowest BCUT2D eigenvalue weighted by atomic mass is 10.1. The number of aldehydes is 1. The van der Waals surface area contributed by atoms with Gasteiger partial charge in [-0.05, 0) is 31.9 Å². The van der Waals surface area contributed by atoms with Gasteiger partial charge in [0.25, 0.3) is 0 Å². The van der Waals surface area contributed by atoms with Crippen molar-refractivity contribution in [2.45, 2.75) is 39.0 Å². The van der Waals surface area contributed by atoms with E-state index < -0.39 is 0 Å². The van der Waals surface area contributed by atoms with Crippen molar-refractivity contribution in [1.29, 1.82) is 0 Å². The third kappa shape index (κ3) is 6.29. The van der Waals surface area contributed by atoms with Crippen LogP contribution < -0.4 is 4.74 Å². The summed E-state index contributed by atoms with van der Waals surface area (Å²) in [4.78, 5) is 22.0. The van der Waals surface area contributed by atoms with Gasteiger partial charge in [-0.3, -0.25) is 9.59 Å². The van der Waals surface area contributed by atoms with Crippen LogP contribution in [0.2, 0.25) is 0 Å². The van der Waals surface area contributed by atoms with Crippen LogP contribution in [0.15, 0.2) is 18.2 Å². The molecule has 0 spiro atoms. The molecular formula is C16H22O5. The summed E-state index contributed by atoms with van der Waals surface area (Å²) in [5.41, 5.74) is 0.180. The quantitative estimate of drug-likeness (QED) is 0.408. The standard InChI is InChI=1S/C16H22O5/c1-2-20-16(19)10-5-3-4-6-11-21-15-9-7-8-14(18)13(15)12-17/h7-9,12,18H,2-6,10-11H2,1H3. The number of carbonyl (C=O) groups excluding carboxylic acids is 2. The van der Waals surface area contributed by atoms with Crippen LogP contribution in [0.25, 0.3) is 0 Å². The van der Waals surface area contributed by atoms with E-state index in [-0.39, 0.29) is 17.3 Å². The van der Waals surface area contributed by atoms with Gasteiger partial charge in [0, 0.05) is 6.42 Å². The van der Waals surface area contributed by atoms with E-state index in [4.69, 9.17) is 9.47 Å². The number of rotatable bonds is 10. The van der Waals surface area contributed by atoms with Gasteiger partial charge in [0.1, 0.15) is 11.5 Å². The second kappa shape index (κ2) is 9.80. The van der Waals surface area contributed by atoms with Crippen molar-refractivity contribution in [1.82, 2.24) is 0 Å². The number of phenols is 1. The van der Waals surface area contributed by atoms with Gasteiger partial charge in [0.2, 0.25) is 0 Å². The first-order chi connectivity index (χ1) is 10.2. The number of ether oxygens (including phenoxy) is 2. The summed E-state index contributed by atoms with van der Waals surface area (Å²) in [6, 6.07) is 4.74. The van der Waals surface area contributed by atoms with Crippen molar-refractivity contribution in [3.8, 4) is 11.5 Å². The van der Waals surface area contributed by atoms with E-state index in [0.29, 0.717) is 31.7 Å². The van der Waals surface area contributed by atoms with Gasteiger partial charge in [0.15, 0.2) is 6.29 Å². The van der Waals surface area contributed by atoms with Crippen LogP contribution in [0.1, 0.15) is 49.4 Å². The molecule has 1 aromatic carbocycles. The van der Waals surface area contributed by atoms with Gasteiger partial charge in [-0.2, -0.15) is 0 Å². The van der Waals surface area contributed by atoms with Crippen LogP contribution >= 0.6 is 0 Å². The van der Waals surface area contributed by atoms with Gasteiger partial charge in [0.05, 0.1) is 18.8 Å². The van der Waals surface area contributed by atoms with Crippen molar-refractivity contribution in [3.63, 3.8) is 0 Å². The van der Waals surface area contributed by atoms with Crippen LogP contribution in [0.4, 0.5) is 0 Å². The summed E-state index contributed by atoms with van der Waals surface area (Å²) < 4.78 is 10.3. The minimum atomic E-state index is -0.149. The molecular weight excluding hydrogens is 272 g/mol. The Morgan fingerprint density at radius 1 is 1.24 bits per heavy atom. The molecule has 0 unspecified atom stereocenters. The zero-order valence-electron chi connectivity index (χ0n) is 12.3. The first-order valence-corrected chi connectivity index (χ1v) is 7.24. The van der Waals surface area contributed by atoms with E-state index in [1.165, 1.54) is 6.07 Å². The monoisotopic (exact) mass is 294 g/mol. The number of phenolic OH excluding ortho intramolecular Hbond substituents is 1. The molecule has 0 aromatic heterocycles. The van der Waals surface area contributed by atoms with E-state index >= 15 is 0 Å². The van der Waals surface area contributed by atoms with Gasteiger partial charge in [-0.15, -0.1) is 0 Å². The van der Waals surface area contributed by atoms with Gasteiger partial charge in [-0.1, -0.05) is 18.9 Å². The maximum Gasteiger partial charge on any atom is 0.305 e. The second-order valence-electron chi connectivity index (χ2n) is 4.62. The van der Waals surface area contributed by atoms with Gasteiger partial charge in [-0.25, -0.2) is 0 Å². The summed E-state index contributed by atoms with van der Waals surface area (Å²) in [6.45, 7) is 2.70. The number of benzene rings is 1. The Hall–Kier alpha value is -2.04. The second-order valence-corrected chi connectivity index (χ2v) is 4.62. The van der Waals surface area contributed by atoms with Gasteiger partial charge < -0.3 is 14.6 Å². The lowest BCUT2D eigenvalue weighted by Gasteiger charge is -2.09. The molecule has 0 aliphatic rings. The number of esters is 1. The van der Waals surface area contributed by atoms with E-state index in [9.17, 15) is 14.7 Å². The molecule has 0 fully saturated rings. The van der Waals surface area contributed by atoms with Crippen molar-refractivity contribution < 1.29 is 24.2 Å². The Bertz CT molecular complexity index is 456. The fourth-order valence-corrected chi connectivity index (χ4v) is 1.92. The van der Waals surface area contributed by atoms with Crippen LogP contribution in [-0.4, -0.2) is 30.6 Å². The Morgan fingerprint density at radius 3 is 2.71 bits per heavy atom. The smallest absolute Gasteiger partial charge is 0.305 e. The maximum absolute atomic E-state index is 11.1. The van der Waals surface area contributed by atoms with Crippen LogP contribution in [0.5, 0.6) is 11.5 Å². The number of carbonyl (C=O) groups is 2. The van der Waals surface area contributed by atoms with Crippen molar-refractivity contribution in [2.24, 2.45) is 0 Å². The molecule has 5 heteroatoms. The minimum absolute atomic E-state index is 0.0723. The Morgan fingerprint density at radius 2 is 2.00 bits per heavy atom. The third-order valence-electron chi connectivity index (χ3n) is 3.00. The van der Waals surface area contributed by atoms with Crippen LogP contribution in [0, 0.1) is 0 Å². The average molecular weight is 294 g/mol. The number of unbranched alkanes of at least 4 members (excludes halogenated alkanes) is 3. The van der Waals surface area contributed by atoms with Crippen LogP contribution in [-0.2, 0) is 9.53 Å². The molecule has 1 rings (SSSR count). The van der Waals surface area contributed by atoms with Crippen LogP contribution in [0.3, 0.4) is 0 Å². The van der Waals surface area contributed by atoms with E-state index in [1.807, 2.05) is 0 Å². The summed E-state index contributed by atoms with van der Waals surface area (Å²) in [7, 11) is 0. The van der Waals surface area contributed by atoms with E-state index in [1.54, 1.807) is 19.1 Å². The predicted octanol–water partition coefficient (Wildman–Crippen LogP) is 3.10. The number of hydrogen-bond donors (Lipinski definition) is 1. The summed E-state index contributed by atoms with van der Waals surface area (Å²) >= 11 is 0. The number of hydrogen-bond acceptors (Lipinski definition) is 5. The van der Waals surface area contributed by atoms with E-state index in [0.717, 1.165) is 25.7 Å². The topological polar surface area (TPSA) is 72.8 Å². The molecule has 0 saturated carbocycles. The molecule has 0 amide bonds. The molecule has 0 heterocycles. The highest BCUT2D eigenvalue weighted by atomic mass is 16.5. The highest BCUT2D eigenvalue weighted by Crippen LogP contribution is 2.25. The SMILES string of the molecule is CCOC(=O)CCCCCCOc1cccc(O)c1C=O. The summed E-state index contributed by atoms with van der Waals surface area (Å²) in [5, 5.41) is 9.50. The Labute approximate surface area is 124 Å². The summed E-state index contributed by atoms with van der Waals surface area (Å²) in [5.74, 6) is 0.178. The van der Waals surface area contributed by atoms with Crippen molar-refractivity contribution >= 4 is 12.3 Å². The molecule has 0 atom stereocenters. The first-order valence-electron chi connectivity index (χ1n) is 7.24. The molecule has 1 aromatic rings. The normalized spacial score (nSPS) is 10.1. The first kappa shape index (κ1) is 17.0. The molecule has 0 saturated heterocycles. The fraction of sp³-hybridized carbons (Fsp3) is 0.500. The Balaban J connectivity index is 2.16. The molecule has 21 heavy (non-hydrogen) atoms. The lowest BCUT2D eigenvalue weighted by Crippen LogP contribution is -2.03. The fourth-order valence-electron chi connectivity index (χ4n) is 1.92. The molecule has 1 N–H and O–H groups in total. The maximum atomic E-state index is 11.1. The van der Waals surface area contributed by atoms with Crippen molar-refractivity contribution in [2.75, 3.05) is 13.2 Å². The Kier molecular flexibility index (Phi) is 7.94. The molecule has 0 aliphatic heterocycles. The molecule has 0 bridgehead atoms. The molecule has 116 valence electrons. The van der Waals surface area contributed by atoms with Crippen molar-refractivity contribution in [3.05, 3.63) is 23.8 Å². The highest BCUT2D eigenvalue weighted by molar-refractivity contribution is 5.83. The summed E-state index contributed by atoms with van der Waals surface area (Å²) in [6.07, 6.45) is 4.55. The predicted molar refractivity (Wildman–Crippen MR) is 78.7 cm³/mol. The number of aromatic hydroxyl groups is 1. The molecule has 0 radical (unpaired) electrons. The average Bonchev–Trinajstić information content (AvgIpc) is 2.46. The van der Waals surface area contributed by atoms with E-state index in [2.05, 4.69) is 0 Å². The highest BCUT2D eigenvalue weighted by Gasteiger charge is 2.07. The molecule has 0 aliphatic carbocycles. The zero-order chi connectivity index (χ0) is 15.5.